The lowest BCUT2D eigenvalue weighted by Gasteiger charge is -2.00. The summed E-state index contributed by atoms with van der Waals surface area (Å²) in [5.74, 6) is -0.469. The smallest absolute Gasteiger partial charge is 0.143 e. The number of aromatic nitrogens is 3. The second kappa shape index (κ2) is 4.51. The number of hydrogen-bond acceptors (Lipinski definition) is 2. The second-order valence-electron chi connectivity index (χ2n) is 3.30. The van der Waals surface area contributed by atoms with Crippen molar-refractivity contribution in [3.8, 4) is 5.69 Å². The predicted molar refractivity (Wildman–Crippen MR) is 63.7 cm³/mol. The maximum absolute atomic E-state index is 13.2. The van der Waals surface area contributed by atoms with Crippen LogP contribution < -0.4 is 0 Å². The first-order valence-electron chi connectivity index (χ1n) is 4.59. The molecule has 0 N–H and O–H groups in total. The summed E-state index contributed by atoms with van der Waals surface area (Å²) >= 11 is 8.98. The SMILES string of the molecule is CC(Br)c1cn(-c2ccc(Cl)c(F)c2)nn1. The Bertz CT molecular complexity index is 513. The van der Waals surface area contributed by atoms with Gasteiger partial charge in [0.15, 0.2) is 0 Å². The maximum Gasteiger partial charge on any atom is 0.143 e. The van der Waals surface area contributed by atoms with Gasteiger partial charge in [0.25, 0.3) is 0 Å². The molecule has 0 radical (unpaired) electrons. The summed E-state index contributed by atoms with van der Waals surface area (Å²) in [5, 5.41) is 7.96. The van der Waals surface area contributed by atoms with Crippen LogP contribution in [0.1, 0.15) is 17.4 Å². The topological polar surface area (TPSA) is 30.7 Å². The molecule has 84 valence electrons. The van der Waals surface area contributed by atoms with Crippen LogP contribution in [0.15, 0.2) is 24.4 Å². The van der Waals surface area contributed by atoms with Gasteiger partial charge in [-0.25, -0.2) is 9.07 Å². The fourth-order valence-corrected chi connectivity index (χ4v) is 1.54. The third-order valence-electron chi connectivity index (χ3n) is 2.09. The highest BCUT2D eigenvalue weighted by Crippen LogP contribution is 2.21. The van der Waals surface area contributed by atoms with Crippen molar-refractivity contribution in [3.05, 3.63) is 40.9 Å². The van der Waals surface area contributed by atoms with Gasteiger partial charge in [0.05, 0.1) is 27.4 Å². The van der Waals surface area contributed by atoms with E-state index in [1.165, 1.54) is 16.8 Å². The van der Waals surface area contributed by atoms with Crippen LogP contribution in [0.4, 0.5) is 4.39 Å². The van der Waals surface area contributed by atoms with Gasteiger partial charge in [0, 0.05) is 6.07 Å². The molecule has 1 aromatic carbocycles. The Morgan fingerprint density at radius 3 is 2.81 bits per heavy atom. The van der Waals surface area contributed by atoms with Gasteiger partial charge in [0.2, 0.25) is 0 Å². The molecule has 2 rings (SSSR count). The molecule has 6 heteroatoms. The first kappa shape index (κ1) is 11.5. The van der Waals surface area contributed by atoms with Crippen LogP contribution in [-0.4, -0.2) is 15.0 Å². The number of hydrogen-bond donors (Lipinski definition) is 0. The molecule has 0 fully saturated rings. The van der Waals surface area contributed by atoms with Gasteiger partial charge < -0.3 is 0 Å². The normalized spacial score (nSPS) is 12.8. The van der Waals surface area contributed by atoms with E-state index in [2.05, 4.69) is 26.2 Å². The lowest BCUT2D eigenvalue weighted by atomic mass is 10.3. The Hall–Kier alpha value is -0.940. The fourth-order valence-electron chi connectivity index (χ4n) is 1.21. The molecule has 1 heterocycles. The largest absolute Gasteiger partial charge is 0.220 e. The number of rotatable bonds is 2. The van der Waals surface area contributed by atoms with Gasteiger partial charge in [-0.15, -0.1) is 5.10 Å². The molecule has 0 bridgehead atoms. The Morgan fingerprint density at radius 2 is 2.25 bits per heavy atom. The highest BCUT2D eigenvalue weighted by atomic mass is 79.9. The van der Waals surface area contributed by atoms with Crippen molar-refractivity contribution in [2.75, 3.05) is 0 Å². The van der Waals surface area contributed by atoms with Crippen LogP contribution in [-0.2, 0) is 0 Å². The first-order valence-corrected chi connectivity index (χ1v) is 5.89. The average Bonchev–Trinajstić information content (AvgIpc) is 2.71. The summed E-state index contributed by atoms with van der Waals surface area (Å²) in [6, 6.07) is 4.49. The van der Waals surface area contributed by atoms with Crippen molar-refractivity contribution >= 4 is 27.5 Å². The van der Waals surface area contributed by atoms with E-state index in [9.17, 15) is 4.39 Å². The average molecular weight is 305 g/mol. The highest BCUT2D eigenvalue weighted by molar-refractivity contribution is 9.09. The Labute approximate surface area is 105 Å². The van der Waals surface area contributed by atoms with Gasteiger partial charge in [0.1, 0.15) is 5.82 Å². The van der Waals surface area contributed by atoms with Gasteiger partial charge >= 0.3 is 0 Å². The molecule has 0 spiro atoms. The van der Waals surface area contributed by atoms with Gasteiger partial charge in [-0.1, -0.05) is 32.7 Å². The van der Waals surface area contributed by atoms with E-state index in [0.29, 0.717) is 5.69 Å². The first-order chi connectivity index (χ1) is 7.58. The number of halogens is 3. The molecule has 0 saturated heterocycles. The van der Waals surface area contributed by atoms with E-state index < -0.39 is 5.82 Å². The fraction of sp³-hybridized carbons (Fsp3) is 0.200. The lowest BCUT2D eigenvalue weighted by molar-refractivity contribution is 0.625. The van der Waals surface area contributed by atoms with Gasteiger partial charge in [-0.2, -0.15) is 0 Å². The summed E-state index contributed by atoms with van der Waals surface area (Å²) in [6.07, 6.45) is 1.74. The third kappa shape index (κ3) is 2.25. The monoisotopic (exact) mass is 303 g/mol. The molecular weight excluding hydrogens is 296 g/mol. The van der Waals surface area contributed by atoms with Crippen molar-refractivity contribution in [1.82, 2.24) is 15.0 Å². The summed E-state index contributed by atoms with van der Waals surface area (Å²) in [4.78, 5) is 0.110. The molecule has 2 aromatic rings. The Kier molecular flexibility index (Phi) is 3.25. The zero-order chi connectivity index (χ0) is 11.7. The predicted octanol–water partition coefficient (Wildman–Crippen LogP) is 3.52. The minimum Gasteiger partial charge on any atom is -0.220 e. The zero-order valence-corrected chi connectivity index (χ0v) is 10.7. The summed E-state index contributed by atoms with van der Waals surface area (Å²) in [7, 11) is 0. The van der Waals surface area contributed by atoms with E-state index in [1.807, 2.05) is 6.92 Å². The van der Waals surface area contributed by atoms with Crippen LogP contribution in [0.3, 0.4) is 0 Å². The standard InChI is InChI=1S/C10H8BrClFN3/c1-6(11)10-5-16(15-14-10)7-2-3-8(12)9(13)4-7/h2-6H,1H3. The quantitative estimate of drug-likeness (QED) is 0.795. The van der Waals surface area contributed by atoms with Gasteiger partial charge in [-0.3, -0.25) is 0 Å². The molecular formula is C10H8BrClFN3. The molecule has 1 aromatic heterocycles. The molecule has 0 aliphatic rings. The van der Waals surface area contributed by atoms with E-state index in [1.54, 1.807) is 12.3 Å². The van der Waals surface area contributed by atoms with Gasteiger partial charge in [-0.05, 0) is 19.1 Å². The molecule has 3 nitrogen and oxygen atoms in total. The van der Waals surface area contributed by atoms with Crippen LogP contribution in [0.5, 0.6) is 0 Å². The van der Waals surface area contributed by atoms with Crippen molar-refractivity contribution in [2.24, 2.45) is 0 Å². The summed E-state index contributed by atoms with van der Waals surface area (Å²) in [6.45, 7) is 1.94. The molecule has 0 aliphatic heterocycles. The molecule has 0 aliphatic carbocycles. The van der Waals surface area contributed by atoms with E-state index in [-0.39, 0.29) is 9.85 Å². The molecule has 0 saturated carbocycles. The number of nitrogens with zero attached hydrogens (tertiary/aromatic N) is 3. The Balaban J connectivity index is 2.39. The van der Waals surface area contributed by atoms with E-state index in [0.717, 1.165) is 5.69 Å². The number of benzene rings is 1. The van der Waals surface area contributed by atoms with Crippen molar-refractivity contribution in [1.29, 1.82) is 0 Å². The Morgan fingerprint density at radius 1 is 1.50 bits per heavy atom. The summed E-state index contributed by atoms with van der Waals surface area (Å²) < 4.78 is 14.7. The van der Waals surface area contributed by atoms with Crippen LogP contribution in [0, 0.1) is 5.82 Å². The van der Waals surface area contributed by atoms with E-state index >= 15 is 0 Å². The van der Waals surface area contributed by atoms with Crippen LogP contribution in [0.2, 0.25) is 5.02 Å². The van der Waals surface area contributed by atoms with Crippen molar-refractivity contribution in [3.63, 3.8) is 0 Å². The van der Waals surface area contributed by atoms with E-state index in [4.69, 9.17) is 11.6 Å². The molecule has 1 unspecified atom stereocenters. The third-order valence-corrected chi connectivity index (χ3v) is 2.86. The zero-order valence-electron chi connectivity index (χ0n) is 8.36. The minimum atomic E-state index is -0.469. The molecule has 0 amide bonds. The highest BCUT2D eigenvalue weighted by Gasteiger charge is 2.08. The maximum atomic E-state index is 13.2. The lowest BCUT2D eigenvalue weighted by Crippen LogP contribution is -1.95. The van der Waals surface area contributed by atoms with Crippen molar-refractivity contribution in [2.45, 2.75) is 11.8 Å². The summed E-state index contributed by atoms with van der Waals surface area (Å²) in [5.41, 5.74) is 1.38. The van der Waals surface area contributed by atoms with Crippen LogP contribution >= 0.6 is 27.5 Å². The molecule has 1 atom stereocenters. The van der Waals surface area contributed by atoms with Crippen molar-refractivity contribution < 1.29 is 4.39 Å². The second-order valence-corrected chi connectivity index (χ2v) is 5.08. The number of alkyl halides is 1. The molecule has 16 heavy (non-hydrogen) atoms. The minimum absolute atomic E-state index is 0.0953. The van der Waals surface area contributed by atoms with Crippen LogP contribution in [0.25, 0.3) is 5.69 Å².